The van der Waals surface area contributed by atoms with Crippen LogP contribution in [-0.4, -0.2) is 27.3 Å². The molecule has 3 N–H and O–H groups in total. The van der Waals surface area contributed by atoms with Crippen molar-refractivity contribution in [3.8, 4) is 5.75 Å². The summed E-state index contributed by atoms with van der Waals surface area (Å²) in [5.41, 5.74) is 6.05. The first-order chi connectivity index (χ1) is 10.9. The van der Waals surface area contributed by atoms with E-state index >= 15 is 0 Å². The number of nitrogens with two attached hydrogens (primary N) is 1. The Morgan fingerprint density at radius 3 is 2.78 bits per heavy atom. The molecule has 0 radical (unpaired) electrons. The highest BCUT2D eigenvalue weighted by Gasteiger charge is 2.23. The molecule has 0 aliphatic heterocycles. The summed E-state index contributed by atoms with van der Waals surface area (Å²) < 4.78 is 45.9. The largest absolute Gasteiger partial charge is 0.490 e. The van der Waals surface area contributed by atoms with E-state index in [-0.39, 0.29) is 11.5 Å². The summed E-state index contributed by atoms with van der Waals surface area (Å²) >= 11 is 0. The first-order valence-electron chi connectivity index (χ1n) is 8.03. The van der Waals surface area contributed by atoms with Crippen molar-refractivity contribution in [3.63, 3.8) is 0 Å². The van der Waals surface area contributed by atoms with Crippen LogP contribution >= 0.6 is 0 Å². The third-order valence-corrected chi connectivity index (χ3v) is 5.39. The highest BCUT2D eigenvalue weighted by atomic mass is 32.2. The number of benzene rings is 1. The van der Waals surface area contributed by atoms with Crippen LogP contribution in [-0.2, 0) is 10.0 Å². The van der Waals surface area contributed by atoms with Crippen LogP contribution in [0.1, 0.15) is 44.2 Å². The van der Waals surface area contributed by atoms with Gasteiger partial charge in [-0.05, 0) is 62.8 Å². The van der Waals surface area contributed by atoms with Gasteiger partial charge in [0.15, 0.2) is 11.6 Å². The van der Waals surface area contributed by atoms with Crippen molar-refractivity contribution in [2.24, 2.45) is 11.7 Å². The molecule has 0 aromatic heterocycles. The van der Waals surface area contributed by atoms with Gasteiger partial charge in [-0.25, -0.2) is 17.5 Å². The lowest BCUT2D eigenvalue weighted by Crippen LogP contribution is -2.29. The number of halogens is 1. The number of hydrogen-bond acceptors (Lipinski definition) is 4. The number of nitrogens with one attached hydrogen (secondary N) is 1. The first kappa shape index (κ1) is 18.2. The highest BCUT2D eigenvalue weighted by Crippen LogP contribution is 2.31. The van der Waals surface area contributed by atoms with E-state index in [4.69, 9.17) is 10.5 Å². The van der Waals surface area contributed by atoms with Crippen LogP contribution in [0, 0.1) is 11.7 Å². The van der Waals surface area contributed by atoms with Gasteiger partial charge in [0.1, 0.15) is 0 Å². The van der Waals surface area contributed by atoms with Gasteiger partial charge in [0.05, 0.1) is 12.4 Å². The summed E-state index contributed by atoms with van der Waals surface area (Å²) in [6.45, 7) is 2.72. The van der Waals surface area contributed by atoms with Crippen LogP contribution in [0.3, 0.4) is 0 Å². The van der Waals surface area contributed by atoms with Crippen molar-refractivity contribution >= 4 is 10.0 Å². The molecule has 0 bridgehead atoms. The van der Waals surface area contributed by atoms with E-state index in [0.717, 1.165) is 12.8 Å². The zero-order valence-corrected chi connectivity index (χ0v) is 14.2. The minimum absolute atomic E-state index is 0.0424. The molecule has 0 unspecified atom stereocenters. The van der Waals surface area contributed by atoms with E-state index in [1.807, 2.05) is 0 Å². The molecule has 0 amide bonds. The standard InChI is InChI=1S/C16H25FN2O3S/c1-12(19-23(20,21)9-3-2-8-18)14-6-7-15(17)16(10-14)22-11-13-4-5-13/h6-7,10,12-13,19H,2-5,8-9,11,18H2,1H3/t12-/m1/s1. The molecule has 0 saturated heterocycles. The van der Waals surface area contributed by atoms with Crippen LogP contribution in [0.5, 0.6) is 5.75 Å². The van der Waals surface area contributed by atoms with Gasteiger partial charge in [-0.15, -0.1) is 0 Å². The van der Waals surface area contributed by atoms with E-state index in [1.54, 1.807) is 19.1 Å². The number of sulfonamides is 1. The third kappa shape index (κ3) is 6.08. The zero-order chi connectivity index (χ0) is 16.9. The molecule has 1 aliphatic rings. The van der Waals surface area contributed by atoms with Crippen molar-refractivity contribution < 1.29 is 17.5 Å². The van der Waals surface area contributed by atoms with Crippen LogP contribution < -0.4 is 15.2 Å². The maximum atomic E-state index is 13.8. The van der Waals surface area contributed by atoms with Gasteiger partial charge in [-0.1, -0.05) is 6.07 Å². The Balaban J connectivity index is 1.97. The minimum Gasteiger partial charge on any atom is -0.490 e. The second kappa shape index (κ2) is 8.08. The molecule has 7 heteroatoms. The normalized spacial score (nSPS) is 16.3. The molecular formula is C16H25FN2O3S. The summed E-state index contributed by atoms with van der Waals surface area (Å²) in [6.07, 6.45) is 3.45. The van der Waals surface area contributed by atoms with Crippen molar-refractivity contribution in [1.29, 1.82) is 0 Å². The summed E-state index contributed by atoms with van der Waals surface area (Å²) in [4.78, 5) is 0. The van der Waals surface area contributed by atoms with Crippen LogP contribution in [0.25, 0.3) is 0 Å². The molecule has 130 valence electrons. The Bertz CT molecular complexity index is 618. The molecule has 1 aromatic rings. The second-order valence-corrected chi connectivity index (χ2v) is 7.97. The fourth-order valence-corrected chi connectivity index (χ4v) is 3.60. The Hall–Kier alpha value is -1.18. The summed E-state index contributed by atoms with van der Waals surface area (Å²) in [7, 11) is -3.38. The van der Waals surface area contributed by atoms with Gasteiger partial charge >= 0.3 is 0 Å². The van der Waals surface area contributed by atoms with Gasteiger partial charge in [0, 0.05) is 6.04 Å². The minimum atomic E-state index is -3.38. The fraction of sp³-hybridized carbons (Fsp3) is 0.625. The second-order valence-electron chi connectivity index (χ2n) is 6.10. The van der Waals surface area contributed by atoms with Crippen molar-refractivity contribution in [1.82, 2.24) is 4.72 Å². The van der Waals surface area contributed by atoms with E-state index in [2.05, 4.69) is 4.72 Å². The summed E-state index contributed by atoms with van der Waals surface area (Å²) in [5, 5.41) is 0. The van der Waals surface area contributed by atoms with Crippen LogP contribution in [0.2, 0.25) is 0 Å². The SMILES string of the molecule is C[C@@H](NS(=O)(=O)CCCCN)c1ccc(F)c(OCC2CC2)c1. The van der Waals surface area contributed by atoms with Crippen molar-refractivity contribution in [2.45, 2.75) is 38.6 Å². The van der Waals surface area contributed by atoms with Gasteiger partial charge in [-0.3, -0.25) is 0 Å². The fourth-order valence-electron chi connectivity index (χ4n) is 2.22. The highest BCUT2D eigenvalue weighted by molar-refractivity contribution is 7.89. The average Bonchev–Trinajstić information content (AvgIpc) is 3.30. The number of ether oxygens (including phenoxy) is 1. The van der Waals surface area contributed by atoms with Gasteiger partial charge in [-0.2, -0.15) is 0 Å². The predicted octanol–water partition coefficient (Wildman–Crippen LogP) is 2.33. The Morgan fingerprint density at radius 2 is 2.13 bits per heavy atom. The van der Waals surface area contributed by atoms with Gasteiger partial charge in [0.2, 0.25) is 10.0 Å². The molecule has 1 atom stereocenters. The van der Waals surface area contributed by atoms with E-state index in [0.29, 0.717) is 37.5 Å². The summed E-state index contributed by atoms with van der Waals surface area (Å²) in [6, 6.07) is 4.02. The van der Waals surface area contributed by atoms with Crippen molar-refractivity contribution in [2.75, 3.05) is 18.9 Å². The molecule has 1 aromatic carbocycles. The third-order valence-electron chi connectivity index (χ3n) is 3.85. The average molecular weight is 344 g/mol. The molecule has 0 spiro atoms. The Labute approximate surface area is 137 Å². The molecule has 1 saturated carbocycles. The molecule has 2 rings (SSSR count). The van der Waals surface area contributed by atoms with Gasteiger partial charge < -0.3 is 10.5 Å². The maximum Gasteiger partial charge on any atom is 0.212 e. The van der Waals surface area contributed by atoms with Gasteiger partial charge in [0.25, 0.3) is 0 Å². The number of unbranched alkanes of at least 4 members (excludes halogenated alkanes) is 1. The lowest BCUT2D eigenvalue weighted by Gasteiger charge is -2.16. The Morgan fingerprint density at radius 1 is 1.39 bits per heavy atom. The van der Waals surface area contributed by atoms with Crippen molar-refractivity contribution in [3.05, 3.63) is 29.6 Å². The number of hydrogen-bond donors (Lipinski definition) is 2. The summed E-state index contributed by atoms with van der Waals surface area (Å²) in [5.74, 6) is 0.327. The van der Waals surface area contributed by atoms with Crippen LogP contribution in [0.15, 0.2) is 18.2 Å². The first-order valence-corrected chi connectivity index (χ1v) is 9.69. The lowest BCUT2D eigenvalue weighted by atomic mass is 10.1. The lowest BCUT2D eigenvalue weighted by molar-refractivity contribution is 0.285. The predicted molar refractivity (Wildman–Crippen MR) is 88.2 cm³/mol. The Kier molecular flexibility index (Phi) is 6.38. The smallest absolute Gasteiger partial charge is 0.212 e. The topological polar surface area (TPSA) is 81.4 Å². The zero-order valence-electron chi connectivity index (χ0n) is 13.4. The van der Waals surface area contributed by atoms with E-state index in [9.17, 15) is 12.8 Å². The molecule has 0 heterocycles. The van der Waals surface area contributed by atoms with E-state index < -0.39 is 21.9 Å². The van der Waals surface area contributed by atoms with Crippen LogP contribution in [0.4, 0.5) is 4.39 Å². The molecule has 1 fully saturated rings. The molecule has 1 aliphatic carbocycles. The molecular weight excluding hydrogens is 319 g/mol. The monoisotopic (exact) mass is 344 g/mol. The van der Waals surface area contributed by atoms with E-state index in [1.165, 1.54) is 6.07 Å². The maximum absolute atomic E-state index is 13.8. The molecule has 23 heavy (non-hydrogen) atoms. The quantitative estimate of drug-likeness (QED) is 0.638. The number of rotatable bonds is 10. The molecule has 5 nitrogen and oxygen atoms in total.